The zero-order valence-corrected chi connectivity index (χ0v) is 8.86. The van der Waals surface area contributed by atoms with Crippen molar-refractivity contribution >= 4 is 5.91 Å². The summed E-state index contributed by atoms with van der Waals surface area (Å²) in [5, 5.41) is 10.2. The van der Waals surface area contributed by atoms with Crippen LogP contribution in [0.3, 0.4) is 0 Å². The third-order valence-electron chi connectivity index (χ3n) is 2.72. The lowest BCUT2D eigenvalue weighted by Crippen LogP contribution is -2.37. The summed E-state index contributed by atoms with van der Waals surface area (Å²) in [4.78, 5) is 11.7. The van der Waals surface area contributed by atoms with Crippen molar-refractivity contribution in [3.8, 4) is 0 Å². The summed E-state index contributed by atoms with van der Waals surface area (Å²) in [6, 6.07) is 2.15. The Labute approximate surface area is 88.8 Å². The molecule has 1 saturated heterocycles. The largest absolute Gasteiger partial charge is 0.349 e. The molecule has 1 fully saturated rings. The van der Waals surface area contributed by atoms with Gasteiger partial charge in [0.1, 0.15) is 5.69 Å². The molecule has 1 unspecified atom stereocenters. The monoisotopic (exact) mass is 208 g/mol. The van der Waals surface area contributed by atoms with Crippen molar-refractivity contribution in [2.75, 3.05) is 13.1 Å². The predicted octanol–water partition coefficient (Wildman–Crippen LogP) is -0.0981. The number of hydrogen-bond donors (Lipinski definition) is 2. The fourth-order valence-corrected chi connectivity index (χ4v) is 1.83. The van der Waals surface area contributed by atoms with Crippen LogP contribution in [0, 0.1) is 0 Å². The van der Waals surface area contributed by atoms with E-state index in [1.807, 2.05) is 0 Å². The molecule has 0 spiro atoms. The van der Waals surface area contributed by atoms with E-state index in [1.54, 1.807) is 24.0 Å². The first-order valence-corrected chi connectivity index (χ1v) is 5.27. The van der Waals surface area contributed by atoms with Gasteiger partial charge in [-0.1, -0.05) is 0 Å². The van der Waals surface area contributed by atoms with E-state index >= 15 is 0 Å². The number of aromatic nitrogens is 2. The van der Waals surface area contributed by atoms with E-state index in [0.717, 1.165) is 13.0 Å². The van der Waals surface area contributed by atoms with E-state index in [9.17, 15) is 4.79 Å². The van der Waals surface area contributed by atoms with Gasteiger partial charge in [-0.05, 0) is 25.5 Å². The maximum Gasteiger partial charge on any atom is 0.269 e. The molecule has 1 atom stereocenters. The van der Waals surface area contributed by atoms with E-state index in [2.05, 4.69) is 15.7 Å². The molecule has 0 bridgehead atoms. The van der Waals surface area contributed by atoms with E-state index < -0.39 is 0 Å². The number of aryl methyl sites for hydroxylation is 1. The third kappa shape index (κ3) is 2.36. The first kappa shape index (κ1) is 10.2. The van der Waals surface area contributed by atoms with Crippen LogP contribution in [0.1, 0.15) is 23.3 Å². The third-order valence-corrected chi connectivity index (χ3v) is 2.72. The zero-order chi connectivity index (χ0) is 10.7. The van der Waals surface area contributed by atoms with E-state index in [-0.39, 0.29) is 5.91 Å². The van der Waals surface area contributed by atoms with Crippen LogP contribution >= 0.6 is 0 Å². The Hall–Kier alpha value is -1.36. The Bertz CT molecular complexity index is 341. The molecule has 2 N–H and O–H groups in total. The first-order chi connectivity index (χ1) is 7.27. The van der Waals surface area contributed by atoms with Crippen molar-refractivity contribution in [1.29, 1.82) is 0 Å². The minimum atomic E-state index is -0.0521. The van der Waals surface area contributed by atoms with Gasteiger partial charge in [0.25, 0.3) is 5.91 Å². The Morgan fingerprint density at radius 2 is 2.67 bits per heavy atom. The van der Waals surface area contributed by atoms with Gasteiger partial charge >= 0.3 is 0 Å². The second-order valence-corrected chi connectivity index (χ2v) is 3.84. The average Bonchev–Trinajstić information content (AvgIpc) is 2.84. The molecule has 1 aliphatic heterocycles. The van der Waals surface area contributed by atoms with Crippen LogP contribution in [0.25, 0.3) is 0 Å². The number of amides is 1. The van der Waals surface area contributed by atoms with Crippen LogP contribution in [-0.2, 0) is 7.05 Å². The minimum absolute atomic E-state index is 0.0521. The topological polar surface area (TPSA) is 59.0 Å². The summed E-state index contributed by atoms with van der Waals surface area (Å²) in [5.41, 5.74) is 0.605. The number of carbonyl (C=O) groups excluding carboxylic acids is 1. The van der Waals surface area contributed by atoms with Gasteiger partial charge in [0, 0.05) is 25.8 Å². The molecule has 0 aliphatic carbocycles. The summed E-state index contributed by atoms with van der Waals surface area (Å²) in [6.45, 7) is 1.76. The van der Waals surface area contributed by atoms with Gasteiger partial charge in [0.2, 0.25) is 0 Å². The fourth-order valence-electron chi connectivity index (χ4n) is 1.83. The molecular formula is C10H16N4O. The molecule has 2 rings (SSSR count). The van der Waals surface area contributed by atoms with Crippen molar-refractivity contribution in [3.63, 3.8) is 0 Å². The average molecular weight is 208 g/mol. The van der Waals surface area contributed by atoms with Crippen LogP contribution in [0.15, 0.2) is 12.3 Å². The Balaban J connectivity index is 1.84. The smallest absolute Gasteiger partial charge is 0.269 e. The normalized spacial score (nSPS) is 20.5. The molecule has 2 heterocycles. The second kappa shape index (κ2) is 4.44. The SMILES string of the molecule is Cn1nccc1C(=O)NCC1CCCN1. The molecule has 1 aromatic heterocycles. The van der Waals surface area contributed by atoms with Crippen LogP contribution < -0.4 is 10.6 Å². The Morgan fingerprint density at radius 3 is 3.27 bits per heavy atom. The summed E-state index contributed by atoms with van der Waals surface area (Å²) < 4.78 is 1.58. The molecule has 5 heteroatoms. The molecule has 82 valence electrons. The van der Waals surface area contributed by atoms with Crippen molar-refractivity contribution < 1.29 is 4.79 Å². The number of nitrogens with one attached hydrogen (secondary N) is 2. The Kier molecular flexibility index (Phi) is 3.01. The highest BCUT2D eigenvalue weighted by molar-refractivity contribution is 5.92. The van der Waals surface area contributed by atoms with E-state index in [4.69, 9.17) is 0 Å². The molecule has 0 aromatic carbocycles. The number of rotatable bonds is 3. The van der Waals surface area contributed by atoms with Gasteiger partial charge < -0.3 is 10.6 Å². The first-order valence-electron chi connectivity index (χ1n) is 5.27. The maximum absolute atomic E-state index is 11.7. The van der Waals surface area contributed by atoms with Gasteiger partial charge in [0.05, 0.1) is 0 Å². The van der Waals surface area contributed by atoms with Crippen molar-refractivity contribution in [1.82, 2.24) is 20.4 Å². The van der Waals surface area contributed by atoms with E-state index in [0.29, 0.717) is 18.3 Å². The van der Waals surface area contributed by atoms with Gasteiger partial charge in [-0.15, -0.1) is 0 Å². The van der Waals surface area contributed by atoms with Gasteiger partial charge in [-0.3, -0.25) is 9.48 Å². The molecular weight excluding hydrogens is 192 g/mol. The number of nitrogens with zero attached hydrogens (tertiary/aromatic N) is 2. The quantitative estimate of drug-likeness (QED) is 0.729. The van der Waals surface area contributed by atoms with Gasteiger partial charge in [-0.25, -0.2) is 0 Å². The zero-order valence-electron chi connectivity index (χ0n) is 8.86. The van der Waals surface area contributed by atoms with E-state index in [1.165, 1.54) is 6.42 Å². The molecule has 1 aliphatic rings. The molecule has 5 nitrogen and oxygen atoms in total. The Morgan fingerprint density at radius 1 is 1.80 bits per heavy atom. The molecule has 0 saturated carbocycles. The molecule has 0 radical (unpaired) electrons. The van der Waals surface area contributed by atoms with Crippen molar-refractivity contribution in [3.05, 3.63) is 18.0 Å². The lowest BCUT2D eigenvalue weighted by Gasteiger charge is -2.11. The minimum Gasteiger partial charge on any atom is -0.349 e. The lowest BCUT2D eigenvalue weighted by atomic mass is 10.2. The highest BCUT2D eigenvalue weighted by Crippen LogP contribution is 2.03. The highest BCUT2D eigenvalue weighted by atomic mass is 16.2. The number of hydrogen-bond acceptors (Lipinski definition) is 3. The molecule has 15 heavy (non-hydrogen) atoms. The summed E-state index contributed by atoms with van der Waals surface area (Å²) >= 11 is 0. The van der Waals surface area contributed by atoms with Crippen LogP contribution in [-0.4, -0.2) is 34.8 Å². The maximum atomic E-state index is 11.7. The summed E-state index contributed by atoms with van der Waals surface area (Å²) in [6.07, 6.45) is 3.97. The fraction of sp³-hybridized carbons (Fsp3) is 0.600. The van der Waals surface area contributed by atoms with Crippen molar-refractivity contribution in [2.24, 2.45) is 7.05 Å². The molecule has 1 aromatic rings. The summed E-state index contributed by atoms with van der Waals surface area (Å²) in [5.74, 6) is -0.0521. The van der Waals surface area contributed by atoms with Gasteiger partial charge in [0.15, 0.2) is 0 Å². The van der Waals surface area contributed by atoms with Crippen LogP contribution in [0.2, 0.25) is 0 Å². The van der Waals surface area contributed by atoms with Crippen molar-refractivity contribution in [2.45, 2.75) is 18.9 Å². The second-order valence-electron chi connectivity index (χ2n) is 3.84. The highest BCUT2D eigenvalue weighted by Gasteiger charge is 2.16. The molecule has 1 amide bonds. The number of carbonyl (C=O) groups is 1. The predicted molar refractivity (Wildman–Crippen MR) is 56.6 cm³/mol. The van der Waals surface area contributed by atoms with Crippen LogP contribution in [0.4, 0.5) is 0 Å². The summed E-state index contributed by atoms with van der Waals surface area (Å²) in [7, 11) is 1.77. The lowest BCUT2D eigenvalue weighted by molar-refractivity contribution is 0.0941. The van der Waals surface area contributed by atoms with Gasteiger partial charge in [-0.2, -0.15) is 5.10 Å². The van der Waals surface area contributed by atoms with Crippen LogP contribution in [0.5, 0.6) is 0 Å². The standard InChI is InChI=1S/C10H16N4O/c1-14-9(4-6-13-14)10(15)12-7-8-3-2-5-11-8/h4,6,8,11H,2-3,5,7H2,1H3,(H,12,15).